The summed E-state index contributed by atoms with van der Waals surface area (Å²) in [5.74, 6) is 0.177. The number of likely N-dealkylation sites (N-methyl/N-ethyl adjacent to an activating group) is 1. The van der Waals surface area contributed by atoms with Crippen molar-refractivity contribution in [1.82, 2.24) is 29.8 Å². The average molecular weight is 490 g/mol. The number of aromatic nitrogens is 5. The zero-order chi connectivity index (χ0) is 23.7. The maximum absolute atomic E-state index is 12.0. The Balaban J connectivity index is 1.26. The number of thiazole rings is 1. The van der Waals surface area contributed by atoms with Gasteiger partial charge in [-0.2, -0.15) is 0 Å². The van der Waals surface area contributed by atoms with Gasteiger partial charge in [-0.1, -0.05) is 0 Å². The fraction of sp³-hybridized carbons (Fsp3) is 0.550. The van der Waals surface area contributed by atoms with Crippen LogP contribution in [0.3, 0.4) is 0 Å². The minimum Gasteiger partial charge on any atom is -0.387 e. The Kier molecular flexibility index (Phi) is 6.56. The molecule has 0 aromatic carbocycles. The smallest absolute Gasteiger partial charge is 0.250 e. The number of carbonyl (C=O) groups is 1. The van der Waals surface area contributed by atoms with E-state index in [0.29, 0.717) is 23.5 Å². The molecule has 13 nitrogen and oxygen atoms in total. The van der Waals surface area contributed by atoms with Crippen LogP contribution in [-0.4, -0.2) is 93.7 Å². The summed E-state index contributed by atoms with van der Waals surface area (Å²) in [5, 5.41) is 17.4. The molecule has 0 spiro atoms. The van der Waals surface area contributed by atoms with Gasteiger partial charge in [-0.3, -0.25) is 9.36 Å². The van der Waals surface area contributed by atoms with Gasteiger partial charge in [-0.25, -0.2) is 19.9 Å². The van der Waals surface area contributed by atoms with Crippen LogP contribution in [-0.2, 0) is 20.7 Å². The number of nitrogens with one attached hydrogen (secondary N) is 2. The van der Waals surface area contributed by atoms with Crippen LogP contribution in [0.4, 0.5) is 10.9 Å². The van der Waals surface area contributed by atoms with Crippen LogP contribution >= 0.6 is 11.3 Å². The fourth-order valence-corrected chi connectivity index (χ4v) is 5.05. The van der Waals surface area contributed by atoms with Crippen molar-refractivity contribution in [3.8, 4) is 0 Å². The summed E-state index contributed by atoms with van der Waals surface area (Å²) in [6.45, 7) is 3.82. The molecule has 14 heteroatoms. The number of rotatable bonds is 7. The molecule has 2 aliphatic rings. The molecule has 182 valence electrons. The molecule has 2 aliphatic heterocycles. The van der Waals surface area contributed by atoms with Gasteiger partial charge in [0.2, 0.25) is 0 Å². The lowest BCUT2D eigenvalue weighted by atomic mass is 10.1. The molecule has 3 aromatic rings. The number of ether oxygens (including phenoxy) is 2. The molecule has 5 rings (SSSR count). The number of aliphatic hydroxyl groups is 1. The van der Waals surface area contributed by atoms with Crippen molar-refractivity contribution >= 4 is 39.4 Å². The second kappa shape index (κ2) is 9.76. The summed E-state index contributed by atoms with van der Waals surface area (Å²) >= 11 is 1.68. The number of morpholine rings is 1. The molecule has 3 aromatic heterocycles. The molecule has 0 aliphatic carbocycles. The normalized spacial score (nSPS) is 25.1. The summed E-state index contributed by atoms with van der Waals surface area (Å²) in [7, 11) is 1.49. The summed E-state index contributed by atoms with van der Waals surface area (Å²) in [5.41, 5.74) is 7.02. The zero-order valence-electron chi connectivity index (χ0n) is 18.6. The second-order valence-corrected chi connectivity index (χ2v) is 9.15. The van der Waals surface area contributed by atoms with Gasteiger partial charge in [-0.05, 0) is 0 Å². The third-order valence-electron chi connectivity index (χ3n) is 5.95. The van der Waals surface area contributed by atoms with Crippen molar-refractivity contribution in [2.45, 2.75) is 30.9 Å². The summed E-state index contributed by atoms with van der Waals surface area (Å²) < 4.78 is 12.7. The highest BCUT2D eigenvalue weighted by molar-refractivity contribution is 7.15. The van der Waals surface area contributed by atoms with Crippen LogP contribution in [0.1, 0.15) is 11.1 Å². The number of hydrogen-bond donors (Lipinski definition) is 4. The van der Waals surface area contributed by atoms with E-state index in [4.69, 9.17) is 15.2 Å². The molecule has 0 radical (unpaired) electrons. The van der Waals surface area contributed by atoms with Crippen LogP contribution < -0.4 is 21.3 Å². The Bertz CT molecular complexity index is 1150. The Morgan fingerprint density at radius 1 is 1.29 bits per heavy atom. The van der Waals surface area contributed by atoms with Crippen LogP contribution in [0.15, 0.2) is 18.9 Å². The standard InChI is InChI=1S/C20H27N9O4S/c1-22-18(31)15-12(21)14(30)19(33-15)29-10-27-13-16(25-9-26-17(13)29)23-3-2-11-8-24-20(34-11)28-4-6-32-7-5-28/h8-10,12,14-15,19,30H,2-7,21H2,1H3,(H,22,31)(H,23,25,26)/t12-,14+,15-,19+/m0/s1. The van der Waals surface area contributed by atoms with Crippen molar-refractivity contribution in [2.24, 2.45) is 5.73 Å². The number of amides is 1. The minimum atomic E-state index is -1.10. The van der Waals surface area contributed by atoms with E-state index in [1.165, 1.54) is 24.6 Å². The molecule has 5 N–H and O–H groups in total. The maximum Gasteiger partial charge on any atom is 0.250 e. The van der Waals surface area contributed by atoms with Gasteiger partial charge in [0, 0.05) is 44.2 Å². The topological polar surface area (TPSA) is 166 Å². The molecule has 1 amide bonds. The lowest BCUT2D eigenvalue weighted by molar-refractivity contribution is -0.134. The van der Waals surface area contributed by atoms with Crippen LogP contribution in [0.5, 0.6) is 0 Å². The first kappa shape index (κ1) is 22.9. The molecular formula is C20H27N9O4S. The van der Waals surface area contributed by atoms with Gasteiger partial charge in [0.25, 0.3) is 5.91 Å². The highest BCUT2D eigenvalue weighted by atomic mass is 32.1. The highest BCUT2D eigenvalue weighted by Crippen LogP contribution is 2.31. The quantitative estimate of drug-likeness (QED) is 0.325. The second-order valence-electron chi connectivity index (χ2n) is 8.06. The number of aliphatic hydroxyl groups excluding tert-OH is 1. The fourth-order valence-electron chi connectivity index (χ4n) is 4.08. The Morgan fingerprint density at radius 3 is 2.91 bits per heavy atom. The van der Waals surface area contributed by atoms with Gasteiger partial charge in [0.05, 0.1) is 25.6 Å². The van der Waals surface area contributed by atoms with E-state index in [0.717, 1.165) is 37.9 Å². The van der Waals surface area contributed by atoms with Crippen molar-refractivity contribution in [3.05, 3.63) is 23.7 Å². The number of nitrogens with zero attached hydrogens (tertiary/aromatic N) is 6. The highest BCUT2D eigenvalue weighted by Gasteiger charge is 2.46. The van der Waals surface area contributed by atoms with Crippen LogP contribution in [0.2, 0.25) is 0 Å². The maximum atomic E-state index is 12.0. The van der Waals surface area contributed by atoms with Crippen LogP contribution in [0.25, 0.3) is 11.2 Å². The first-order valence-electron chi connectivity index (χ1n) is 11.1. The summed E-state index contributed by atoms with van der Waals surface area (Å²) in [4.78, 5) is 33.0. The average Bonchev–Trinajstić information content (AvgIpc) is 3.58. The monoisotopic (exact) mass is 489 g/mol. The Hall–Kier alpha value is -2.91. The molecular weight excluding hydrogens is 462 g/mol. The van der Waals surface area contributed by atoms with Crippen molar-refractivity contribution in [2.75, 3.05) is 50.1 Å². The molecule has 5 heterocycles. The van der Waals surface area contributed by atoms with Crippen molar-refractivity contribution in [3.63, 3.8) is 0 Å². The predicted octanol–water partition coefficient (Wildman–Crippen LogP) is -0.894. The molecule has 0 saturated carbocycles. The molecule has 0 unspecified atom stereocenters. The first-order valence-corrected chi connectivity index (χ1v) is 11.9. The Labute approximate surface area is 199 Å². The third kappa shape index (κ3) is 4.30. The van der Waals surface area contributed by atoms with Crippen molar-refractivity contribution in [1.29, 1.82) is 0 Å². The van der Waals surface area contributed by atoms with Crippen LogP contribution in [0, 0.1) is 0 Å². The molecule has 34 heavy (non-hydrogen) atoms. The lowest BCUT2D eigenvalue weighted by Crippen LogP contribution is -2.46. The van der Waals surface area contributed by atoms with E-state index in [1.54, 1.807) is 15.9 Å². The molecule has 4 atom stereocenters. The minimum absolute atomic E-state index is 0.393. The number of nitrogens with two attached hydrogens (primary N) is 1. The largest absolute Gasteiger partial charge is 0.387 e. The summed E-state index contributed by atoms with van der Waals surface area (Å²) in [6, 6.07) is -0.872. The first-order chi connectivity index (χ1) is 16.6. The molecule has 2 saturated heterocycles. The van der Waals surface area contributed by atoms with Gasteiger partial charge in [0.15, 0.2) is 34.4 Å². The number of anilines is 2. The Morgan fingerprint density at radius 2 is 2.12 bits per heavy atom. The van der Waals surface area contributed by atoms with Gasteiger partial charge >= 0.3 is 0 Å². The van der Waals surface area contributed by atoms with Gasteiger partial charge in [0.1, 0.15) is 12.4 Å². The number of imidazole rings is 1. The summed E-state index contributed by atoms with van der Waals surface area (Å²) in [6.07, 6.45) is 2.66. The van der Waals surface area contributed by atoms with E-state index in [9.17, 15) is 9.90 Å². The van der Waals surface area contributed by atoms with Gasteiger partial charge < -0.3 is 35.8 Å². The molecule has 0 bridgehead atoms. The van der Waals surface area contributed by atoms with E-state index in [2.05, 4.69) is 35.5 Å². The van der Waals surface area contributed by atoms with E-state index >= 15 is 0 Å². The SMILES string of the molecule is CNC(=O)[C@H]1O[C@@H](n2cnc3c(NCCc4cnc(N5CCOCC5)s4)ncnc32)[C@H](O)[C@@H]1N. The van der Waals surface area contributed by atoms with E-state index in [-0.39, 0.29) is 0 Å². The van der Waals surface area contributed by atoms with E-state index < -0.39 is 30.4 Å². The van der Waals surface area contributed by atoms with Gasteiger partial charge in [-0.15, -0.1) is 11.3 Å². The number of hydrogen-bond acceptors (Lipinski definition) is 12. The number of fused-ring (bicyclic) bond motifs is 1. The third-order valence-corrected chi connectivity index (χ3v) is 7.06. The number of carbonyl (C=O) groups excluding carboxylic acids is 1. The lowest BCUT2D eigenvalue weighted by Gasteiger charge is -2.25. The molecule has 2 fully saturated rings. The predicted molar refractivity (Wildman–Crippen MR) is 125 cm³/mol. The zero-order valence-corrected chi connectivity index (χ0v) is 19.4. The van der Waals surface area contributed by atoms with E-state index in [1.807, 2.05) is 6.20 Å². The van der Waals surface area contributed by atoms with Crippen molar-refractivity contribution < 1.29 is 19.4 Å².